The van der Waals surface area contributed by atoms with Crippen LogP contribution >= 0.6 is 11.6 Å². The molecule has 1 fully saturated rings. The molecule has 0 saturated carbocycles. The van der Waals surface area contributed by atoms with Gasteiger partial charge in [0, 0.05) is 19.2 Å². The van der Waals surface area contributed by atoms with Gasteiger partial charge in [-0.2, -0.15) is 0 Å². The van der Waals surface area contributed by atoms with Gasteiger partial charge in [-0.3, -0.25) is 9.59 Å². The number of likely N-dealkylation sites (tertiary alicyclic amines) is 1. The van der Waals surface area contributed by atoms with Gasteiger partial charge in [0.1, 0.15) is 22.6 Å². The second-order valence-electron chi connectivity index (χ2n) is 5.30. The molecule has 0 aliphatic carbocycles. The Kier molecular flexibility index (Phi) is 4.34. The van der Waals surface area contributed by atoms with Crippen LogP contribution in [-0.4, -0.2) is 30.5 Å². The van der Waals surface area contributed by atoms with Crippen LogP contribution in [0.3, 0.4) is 0 Å². The largest absolute Gasteiger partial charge is 0.484 e. The van der Waals surface area contributed by atoms with E-state index in [1.807, 2.05) is 4.90 Å². The van der Waals surface area contributed by atoms with Crippen LogP contribution in [0, 0.1) is 0 Å². The van der Waals surface area contributed by atoms with E-state index in [0.29, 0.717) is 16.7 Å². The maximum atomic E-state index is 12.0. The van der Waals surface area contributed by atoms with Gasteiger partial charge in [0.05, 0.1) is 5.39 Å². The Labute approximate surface area is 132 Å². The van der Waals surface area contributed by atoms with Crippen molar-refractivity contribution >= 4 is 28.5 Å². The number of ether oxygens (including phenoxy) is 1. The highest BCUT2D eigenvalue weighted by Gasteiger charge is 2.17. The lowest BCUT2D eigenvalue weighted by molar-refractivity contribution is -0.134. The zero-order valence-corrected chi connectivity index (χ0v) is 12.8. The minimum atomic E-state index is -0.279. The lowest BCUT2D eigenvalue weighted by Gasteiger charge is -2.26. The maximum Gasteiger partial charge on any atom is 0.260 e. The number of nitrogens with zero attached hydrogens (tertiary/aromatic N) is 1. The summed E-state index contributed by atoms with van der Waals surface area (Å²) in [5.41, 5.74) is 0.108. The Morgan fingerprint density at radius 1 is 1.27 bits per heavy atom. The molecule has 0 N–H and O–H groups in total. The zero-order valence-electron chi connectivity index (χ0n) is 12.0. The highest BCUT2D eigenvalue weighted by Crippen LogP contribution is 2.20. The second kappa shape index (κ2) is 6.40. The normalized spacial score (nSPS) is 15.0. The molecule has 1 aromatic heterocycles. The summed E-state index contributed by atoms with van der Waals surface area (Å²) in [7, 11) is 0. The fourth-order valence-electron chi connectivity index (χ4n) is 2.55. The van der Waals surface area contributed by atoms with E-state index in [4.69, 9.17) is 20.8 Å². The molecule has 0 bridgehead atoms. The molecule has 5 nitrogen and oxygen atoms in total. The molecule has 0 atom stereocenters. The van der Waals surface area contributed by atoms with Crippen molar-refractivity contribution in [1.82, 2.24) is 4.90 Å². The van der Waals surface area contributed by atoms with Crippen molar-refractivity contribution in [3.05, 3.63) is 39.7 Å². The van der Waals surface area contributed by atoms with Crippen LogP contribution in [0.15, 0.2) is 33.7 Å². The van der Waals surface area contributed by atoms with E-state index >= 15 is 0 Å². The Morgan fingerprint density at radius 3 is 2.82 bits per heavy atom. The van der Waals surface area contributed by atoms with Crippen molar-refractivity contribution in [2.24, 2.45) is 0 Å². The lowest BCUT2D eigenvalue weighted by Crippen LogP contribution is -2.38. The monoisotopic (exact) mass is 321 g/mol. The van der Waals surface area contributed by atoms with E-state index in [9.17, 15) is 9.59 Å². The summed E-state index contributed by atoms with van der Waals surface area (Å²) in [6.07, 6.45) is 4.48. The number of piperidine rings is 1. The topological polar surface area (TPSA) is 59.8 Å². The van der Waals surface area contributed by atoms with Crippen molar-refractivity contribution in [2.45, 2.75) is 19.3 Å². The van der Waals surface area contributed by atoms with E-state index in [-0.39, 0.29) is 23.0 Å². The number of carbonyl (C=O) groups is 1. The van der Waals surface area contributed by atoms with Crippen molar-refractivity contribution < 1.29 is 13.9 Å². The first-order valence-corrected chi connectivity index (χ1v) is 7.64. The summed E-state index contributed by atoms with van der Waals surface area (Å²) in [5, 5.41) is 0.434. The van der Waals surface area contributed by atoms with Crippen LogP contribution in [0.5, 0.6) is 5.75 Å². The average molecular weight is 322 g/mol. The van der Waals surface area contributed by atoms with Crippen LogP contribution in [-0.2, 0) is 4.79 Å². The second-order valence-corrected chi connectivity index (χ2v) is 5.71. The molecule has 6 heteroatoms. The molecule has 1 saturated heterocycles. The highest BCUT2D eigenvalue weighted by molar-refractivity contribution is 6.30. The Morgan fingerprint density at radius 2 is 2.05 bits per heavy atom. The standard InChI is InChI=1S/C16H16ClNO4/c17-13-9-22-14-8-11(4-5-12(14)16(13)20)21-10-15(19)18-6-2-1-3-7-18/h4-5,8-9H,1-3,6-7,10H2. The predicted octanol–water partition coefficient (Wildman–Crippen LogP) is 2.84. The SMILES string of the molecule is O=C(COc1ccc2c(=O)c(Cl)coc2c1)N1CCCCC1. The summed E-state index contributed by atoms with van der Waals surface area (Å²) >= 11 is 5.73. The molecule has 0 radical (unpaired) electrons. The fourth-order valence-corrected chi connectivity index (χ4v) is 2.70. The van der Waals surface area contributed by atoms with Gasteiger partial charge in [-0.25, -0.2) is 0 Å². The lowest BCUT2D eigenvalue weighted by atomic mass is 10.1. The van der Waals surface area contributed by atoms with Crippen molar-refractivity contribution in [3.8, 4) is 5.75 Å². The first-order chi connectivity index (χ1) is 10.6. The van der Waals surface area contributed by atoms with Gasteiger partial charge in [0.25, 0.3) is 5.91 Å². The summed E-state index contributed by atoms with van der Waals surface area (Å²) in [4.78, 5) is 25.7. The average Bonchev–Trinajstić information content (AvgIpc) is 2.57. The third-order valence-electron chi connectivity index (χ3n) is 3.78. The predicted molar refractivity (Wildman–Crippen MR) is 83.4 cm³/mol. The van der Waals surface area contributed by atoms with E-state index in [1.54, 1.807) is 18.2 Å². The number of amides is 1. The summed E-state index contributed by atoms with van der Waals surface area (Å²) in [6.45, 7) is 1.59. The third kappa shape index (κ3) is 3.09. The van der Waals surface area contributed by atoms with Gasteiger partial charge in [-0.15, -0.1) is 0 Å². The van der Waals surface area contributed by atoms with Crippen LogP contribution in [0.4, 0.5) is 0 Å². The summed E-state index contributed by atoms with van der Waals surface area (Å²) in [5.74, 6) is 0.473. The summed E-state index contributed by atoms with van der Waals surface area (Å²) < 4.78 is 10.8. The van der Waals surface area contributed by atoms with Gasteiger partial charge in [-0.1, -0.05) is 11.6 Å². The number of carbonyl (C=O) groups excluding carboxylic acids is 1. The van der Waals surface area contributed by atoms with Crippen LogP contribution in [0.1, 0.15) is 19.3 Å². The first kappa shape index (κ1) is 14.9. The van der Waals surface area contributed by atoms with Crippen LogP contribution in [0.2, 0.25) is 5.02 Å². The molecule has 1 aromatic carbocycles. The van der Waals surface area contributed by atoms with Gasteiger partial charge >= 0.3 is 0 Å². The molecule has 1 aliphatic heterocycles. The number of hydrogen-bond donors (Lipinski definition) is 0. The Hall–Kier alpha value is -2.01. The minimum absolute atomic E-state index is 0.0106. The van der Waals surface area contributed by atoms with Crippen LogP contribution < -0.4 is 10.2 Å². The van der Waals surface area contributed by atoms with Crippen molar-refractivity contribution in [2.75, 3.05) is 19.7 Å². The smallest absolute Gasteiger partial charge is 0.260 e. The quantitative estimate of drug-likeness (QED) is 0.872. The van der Waals surface area contributed by atoms with Gasteiger partial charge in [0.15, 0.2) is 6.61 Å². The number of rotatable bonds is 3. The molecule has 1 amide bonds. The Balaban J connectivity index is 1.70. The zero-order chi connectivity index (χ0) is 15.5. The molecule has 22 heavy (non-hydrogen) atoms. The summed E-state index contributed by atoms with van der Waals surface area (Å²) in [6, 6.07) is 4.82. The van der Waals surface area contributed by atoms with Gasteiger partial charge < -0.3 is 14.1 Å². The molecule has 2 aromatic rings. The number of hydrogen-bond acceptors (Lipinski definition) is 4. The molecule has 2 heterocycles. The fraction of sp³-hybridized carbons (Fsp3) is 0.375. The van der Waals surface area contributed by atoms with Crippen molar-refractivity contribution in [3.63, 3.8) is 0 Å². The van der Waals surface area contributed by atoms with E-state index in [0.717, 1.165) is 25.9 Å². The van der Waals surface area contributed by atoms with E-state index in [1.165, 1.54) is 12.7 Å². The minimum Gasteiger partial charge on any atom is -0.484 e. The van der Waals surface area contributed by atoms with Gasteiger partial charge in [0.2, 0.25) is 5.43 Å². The number of benzene rings is 1. The van der Waals surface area contributed by atoms with Gasteiger partial charge in [-0.05, 0) is 31.4 Å². The molecule has 0 unspecified atom stereocenters. The van der Waals surface area contributed by atoms with Crippen LogP contribution in [0.25, 0.3) is 11.0 Å². The maximum absolute atomic E-state index is 12.0. The Bertz CT molecular complexity index is 749. The van der Waals surface area contributed by atoms with Crippen molar-refractivity contribution in [1.29, 1.82) is 0 Å². The highest BCUT2D eigenvalue weighted by atomic mass is 35.5. The molecule has 3 rings (SSSR count). The molecular weight excluding hydrogens is 306 g/mol. The third-order valence-corrected chi connectivity index (χ3v) is 4.04. The molecule has 116 valence electrons. The molecule has 1 aliphatic rings. The van der Waals surface area contributed by atoms with E-state index < -0.39 is 0 Å². The number of halogens is 1. The van der Waals surface area contributed by atoms with E-state index in [2.05, 4.69) is 0 Å². The number of fused-ring (bicyclic) bond motifs is 1. The molecule has 0 spiro atoms. The molecular formula is C16H16ClNO4. The first-order valence-electron chi connectivity index (χ1n) is 7.27.